The van der Waals surface area contributed by atoms with Crippen LogP contribution in [-0.4, -0.2) is 82.6 Å². The number of nitrogens with one attached hydrogen (secondary N) is 2. The topological polar surface area (TPSA) is 160 Å². The van der Waals surface area contributed by atoms with Gasteiger partial charge in [-0.1, -0.05) is 24.3 Å². The molecule has 0 aliphatic carbocycles. The van der Waals surface area contributed by atoms with Crippen molar-refractivity contribution in [2.45, 2.75) is 63.6 Å². The van der Waals surface area contributed by atoms with Crippen LogP contribution in [0, 0.1) is 0 Å². The fraction of sp³-hybridized carbons (Fsp3) is 0.364. The third kappa shape index (κ3) is 7.17. The van der Waals surface area contributed by atoms with Gasteiger partial charge in [-0.25, -0.2) is 0 Å². The number of hydrazine groups is 1. The van der Waals surface area contributed by atoms with Gasteiger partial charge in [0.25, 0.3) is 11.8 Å². The van der Waals surface area contributed by atoms with Gasteiger partial charge in [-0.2, -0.15) is 0 Å². The van der Waals surface area contributed by atoms with Crippen molar-refractivity contribution >= 4 is 52.4 Å². The fourth-order valence-corrected chi connectivity index (χ4v) is 8.07. The third-order valence-electron chi connectivity index (χ3n) is 11.5. The van der Waals surface area contributed by atoms with Gasteiger partial charge in [-0.15, -0.1) is 0 Å². The zero-order valence-electron chi connectivity index (χ0n) is 33.5. The Bertz CT molecular complexity index is 2310. The number of rotatable bonds is 13. The summed E-state index contributed by atoms with van der Waals surface area (Å²) in [5.74, 6) is 7.17. The van der Waals surface area contributed by atoms with Crippen molar-refractivity contribution in [2.24, 2.45) is 10.8 Å². The molecule has 0 bridgehead atoms. The van der Waals surface area contributed by atoms with Crippen LogP contribution >= 0.6 is 0 Å². The van der Waals surface area contributed by atoms with Gasteiger partial charge >= 0.3 is 0 Å². The van der Waals surface area contributed by atoms with E-state index in [1.54, 1.807) is 49.3 Å². The van der Waals surface area contributed by atoms with E-state index in [1.807, 2.05) is 73.5 Å². The summed E-state index contributed by atoms with van der Waals surface area (Å²) in [5.41, 5.74) is 9.07. The molecule has 0 saturated heterocycles. The minimum absolute atomic E-state index is 0.0377. The average Bonchev–Trinajstić information content (AvgIpc) is 3.72. The molecular formula is C44H49N7O7. The highest BCUT2D eigenvalue weighted by atomic mass is 16.5. The molecule has 4 aliphatic heterocycles. The van der Waals surface area contributed by atoms with Gasteiger partial charge in [0, 0.05) is 73.8 Å². The second-order valence-electron chi connectivity index (χ2n) is 15.7. The predicted molar refractivity (Wildman–Crippen MR) is 224 cm³/mol. The molecule has 4 aliphatic rings. The molecule has 4 heterocycles. The number of benzene rings is 4. The smallest absolute Gasteiger partial charge is 0.261 e. The highest BCUT2D eigenvalue weighted by Crippen LogP contribution is 2.43. The minimum Gasteiger partial charge on any atom is -0.493 e. The molecule has 0 spiro atoms. The number of aliphatic imine (C=N–C) groups is 1. The summed E-state index contributed by atoms with van der Waals surface area (Å²) in [6.45, 7) is 5.04. The monoisotopic (exact) mass is 787 g/mol. The van der Waals surface area contributed by atoms with E-state index in [-0.39, 0.29) is 35.3 Å². The fourth-order valence-electron chi connectivity index (χ4n) is 8.07. The first-order valence-corrected chi connectivity index (χ1v) is 19.6. The van der Waals surface area contributed by atoms with Crippen molar-refractivity contribution < 1.29 is 33.3 Å². The molecule has 3 amide bonds. The number of ether oxygens (including phenoxy) is 4. The van der Waals surface area contributed by atoms with Crippen molar-refractivity contribution in [3.63, 3.8) is 0 Å². The molecule has 4 aromatic rings. The van der Waals surface area contributed by atoms with Crippen molar-refractivity contribution in [1.29, 1.82) is 0 Å². The van der Waals surface area contributed by atoms with Crippen molar-refractivity contribution in [2.75, 3.05) is 61.0 Å². The number of hydrogen-bond acceptors (Lipinski definition) is 11. The SMILES string of the molecule is COc1cc2c(cc1OCCCOc1cc3c(cc1OC)C(=O)N1c4cc(N(C)C(=O)CCC(C)(C)NN)ccc4C[C@H]1CN3)N=C[C@@H]1Cc3ccccc3N1C2=O. The lowest BCUT2D eigenvalue weighted by Crippen LogP contribution is -2.45. The first kappa shape index (κ1) is 38.7. The molecule has 14 heteroatoms. The minimum atomic E-state index is -0.369. The van der Waals surface area contributed by atoms with Crippen LogP contribution in [0.4, 0.5) is 28.4 Å². The van der Waals surface area contributed by atoms with E-state index in [4.69, 9.17) is 29.8 Å². The van der Waals surface area contributed by atoms with Crippen LogP contribution in [-0.2, 0) is 17.6 Å². The number of carbonyl (C=O) groups is 3. The van der Waals surface area contributed by atoms with E-state index in [1.165, 1.54) is 0 Å². The number of anilines is 4. The Kier molecular flexibility index (Phi) is 10.5. The summed E-state index contributed by atoms with van der Waals surface area (Å²) in [5, 5.41) is 3.48. The Morgan fingerprint density at radius 1 is 0.879 bits per heavy atom. The maximum absolute atomic E-state index is 14.3. The van der Waals surface area contributed by atoms with Crippen LogP contribution in [0.25, 0.3) is 0 Å². The number of para-hydroxylation sites is 1. The second kappa shape index (κ2) is 15.7. The van der Waals surface area contributed by atoms with Crippen molar-refractivity contribution in [3.8, 4) is 23.0 Å². The van der Waals surface area contributed by atoms with Gasteiger partial charge in [0.05, 0.1) is 62.0 Å². The van der Waals surface area contributed by atoms with Crippen molar-refractivity contribution in [1.82, 2.24) is 5.43 Å². The number of amides is 3. The third-order valence-corrected chi connectivity index (χ3v) is 11.5. The summed E-state index contributed by atoms with van der Waals surface area (Å²) < 4.78 is 23.7. The lowest BCUT2D eigenvalue weighted by molar-refractivity contribution is -0.118. The molecule has 2 atom stereocenters. The number of hydrogen-bond donors (Lipinski definition) is 3. The summed E-state index contributed by atoms with van der Waals surface area (Å²) >= 11 is 0. The molecule has 0 unspecified atom stereocenters. The highest BCUT2D eigenvalue weighted by molar-refractivity contribution is 6.15. The van der Waals surface area contributed by atoms with E-state index >= 15 is 0 Å². The average molecular weight is 788 g/mol. The largest absolute Gasteiger partial charge is 0.493 e. The number of fused-ring (bicyclic) bond motifs is 8. The lowest BCUT2D eigenvalue weighted by Gasteiger charge is -2.26. The van der Waals surface area contributed by atoms with Crippen LogP contribution < -0.4 is 50.2 Å². The van der Waals surface area contributed by atoms with E-state index in [2.05, 4.69) is 10.7 Å². The molecule has 0 fully saturated rings. The molecule has 0 saturated carbocycles. The van der Waals surface area contributed by atoms with Gasteiger partial charge in [0.15, 0.2) is 23.0 Å². The van der Waals surface area contributed by atoms with Gasteiger partial charge in [-0.05, 0) is 68.1 Å². The van der Waals surface area contributed by atoms with Crippen LogP contribution in [0.3, 0.4) is 0 Å². The van der Waals surface area contributed by atoms with Gasteiger partial charge in [0.2, 0.25) is 5.91 Å². The highest BCUT2D eigenvalue weighted by Gasteiger charge is 2.39. The van der Waals surface area contributed by atoms with E-state index in [9.17, 15) is 14.4 Å². The van der Waals surface area contributed by atoms with E-state index in [0.717, 1.165) is 22.5 Å². The van der Waals surface area contributed by atoms with Gasteiger partial charge in [-0.3, -0.25) is 35.5 Å². The quantitative estimate of drug-likeness (QED) is 0.0856. The standard InChI is InChI=1S/C44H49N7O7/c1-44(2,48-45)14-13-41(52)49(3)28-12-11-27-18-30-25-47-34-23-40(38(56-5)21-32(34)43(54)51(30)36(27)19-28)58-16-8-15-57-39-22-33-31(20-37(39)55-4)42(53)50-29(24-46-33)17-26-9-6-7-10-35(26)50/h6-7,9-12,19-24,29-30,47-48H,8,13-18,25,45H2,1-5H3/t29-,30-/m0/s1. The lowest BCUT2D eigenvalue weighted by atomic mass is 9.99. The molecule has 4 aromatic carbocycles. The molecule has 58 heavy (non-hydrogen) atoms. The first-order valence-electron chi connectivity index (χ1n) is 19.6. The van der Waals surface area contributed by atoms with Crippen LogP contribution in [0.5, 0.6) is 23.0 Å². The van der Waals surface area contributed by atoms with Crippen LogP contribution in [0.1, 0.15) is 65.0 Å². The van der Waals surface area contributed by atoms with Crippen LogP contribution in [0.15, 0.2) is 71.7 Å². The number of nitrogens with two attached hydrogens (primary N) is 1. The molecule has 0 radical (unpaired) electrons. The number of methoxy groups -OCH3 is 2. The maximum Gasteiger partial charge on any atom is 0.261 e. The molecule has 8 rings (SSSR count). The normalized spacial score (nSPS) is 17.5. The Morgan fingerprint density at radius 2 is 1.57 bits per heavy atom. The maximum atomic E-state index is 14.3. The molecule has 4 N–H and O–H groups in total. The zero-order chi connectivity index (χ0) is 40.7. The van der Waals surface area contributed by atoms with E-state index in [0.29, 0.717) is 103 Å². The van der Waals surface area contributed by atoms with Gasteiger partial charge in [0.1, 0.15) is 0 Å². The molecule has 302 valence electrons. The Morgan fingerprint density at radius 3 is 2.31 bits per heavy atom. The Balaban J connectivity index is 0.920. The van der Waals surface area contributed by atoms with Gasteiger partial charge < -0.3 is 34.1 Å². The van der Waals surface area contributed by atoms with Crippen LogP contribution in [0.2, 0.25) is 0 Å². The molecular weight excluding hydrogens is 739 g/mol. The zero-order valence-corrected chi connectivity index (χ0v) is 33.5. The first-order chi connectivity index (χ1) is 28.0. The van der Waals surface area contributed by atoms with Crippen molar-refractivity contribution in [3.05, 3.63) is 89.0 Å². The summed E-state index contributed by atoms with van der Waals surface area (Å²) in [4.78, 5) is 51.1. The summed E-state index contributed by atoms with van der Waals surface area (Å²) in [7, 11) is 4.85. The predicted octanol–water partition coefficient (Wildman–Crippen LogP) is 5.82. The summed E-state index contributed by atoms with van der Waals surface area (Å²) in [6, 6.07) is 20.5. The van der Waals surface area contributed by atoms with E-state index < -0.39 is 0 Å². The number of carbonyl (C=O) groups excluding carboxylic acids is 3. The Labute approximate surface area is 337 Å². The number of nitrogens with zero attached hydrogens (tertiary/aromatic N) is 4. The summed E-state index contributed by atoms with van der Waals surface area (Å²) in [6.07, 6.45) is 4.65. The molecule has 14 nitrogen and oxygen atoms in total. The Hall–Kier alpha value is -6.12. The second-order valence-corrected chi connectivity index (χ2v) is 15.7. The molecule has 0 aromatic heterocycles.